The van der Waals surface area contributed by atoms with Gasteiger partial charge in [-0.3, -0.25) is 4.79 Å². The zero-order valence-electron chi connectivity index (χ0n) is 11.8. The van der Waals surface area contributed by atoms with Crippen molar-refractivity contribution < 1.29 is 14.6 Å². The van der Waals surface area contributed by atoms with Gasteiger partial charge in [-0.15, -0.1) is 11.3 Å². The topological polar surface area (TPSA) is 62.7 Å². The molecule has 2 aliphatic rings. The molecule has 2 fully saturated rings. The zero-order chi connectivity index (χ0) is 14.3. The van der Waals surface area contributed by atoms with E-state index in [1.54, 1.807) is 25.2 Å². The Bertz CT molecular complexity index is 514. The molecule has 1 saturated heterocycles. The number of carbonyl (C=O) groups is 1. The van der Waals surface area contributed by atoms with Gasteiger partial charge >= 0.3 is 5.97 Å². The number of nitrogens with zero attached hydrogens (tertiary/aromatic N) is 2. The van der Waals surface area contributed by atoms with E-state index >= 15 is 0 Å². The summed E-state index contributed by atoms with van der Waals surface area (Å²) < 4.78 is 5.81. The molecule has 0 radical (unpaired) electrons. The van der Waals surface area contributed by atoms with Gasteiger partial charge in [0.2, 0.25) is 0 Å². The normalized spacial score (nSPS) is 26.6. The first kappa shape index (κ1) is 13.8. The Hall–Kier alpha value is -1.14. The number of hydrogen-bond donors (Lipinski definition) is 1. The second-order valence-electron chi connectivity index (χ2n) is 6.05. The van der Waals surface area contributed by atoms with Crippen LogP contribution in [0.2, 0.25) is 0 Å². The summed E-state index contributed by atoms with van der Waals surface area (Å²) in [6.07, 6.45) is 3.79. The van der Waals surface area contributed by atoms with E-state index in [1.165, 1.54) is 6.42 Å². The van der Waals surface area contributed by atoms with Crippen LogP contribution in [0.4, 0.5) is 5.13 Å². The number of anilines is 1. The van der Waals surface area contributed by atoms with Crippen LogP contribution in [0.5, 0.6) is 0 Å². The molecule has 6 heteroatoms. The number of fused-ring (bicyclic) bond motifs is 1. The molecule has 0 aromatic carbocycles. The first-order valence-electron chi connectivity index (χ1n) is 7.08. The van der Waals surface area contributed by atoms with Gasteiger partial charge in [0.25, 0.3) is 0 Å². The van der Waals surface area contributed by atoms with E-state index in [9.17, 15) is 9.90 Å². The van der Waals surface area contributed by atoms with Gasteiger partial charge in [0.1, 0.15) is 5.41 Å². The Morgan fingerprint density at radius 3 is 3.10 bits per heavy atom. The summed E-state index contributed by atoms with van der Waals surface area (Å²) in [4.78, 5) is 18.2. The highest BCUT2D eigenvalue weighted by Gasteiger charge is 2.38. The van der Waals surface area contributed by atoms with Gasteiger partial charge in [-0.05, 0) is 33.1 Å². The maximum atomic E-state index is 11.3. The highest BCUT2D eigenvalue weighted by molar-refractivity contribution is 7.13. The molecule has 1 saturated carbocycles. The lowest BCUT2D eigenvalue weighted by molar-refractivity contribution is -0.142. The summed E-state index contributed by atoms with van der Waals surface area (Å²) in [5.41, 5.74) is -0.290. The van der Waals surface area contributed by atoms with Crippen molar-refractivity contribution in [2.45, 2.75) is 50.7 Å². The van der Waals surface area contributed by atoms with E-state index in [4.69, 9.17) is 4.74 Å². The van der Waals surface area contributed by atoms with Crippen LogP contribution in [0, 0.1) is 0 Å². The second-order valence-corrected chi connectivity index (χ2v) is 6.88. The fourth-order valence-electron chi connectivity index (χ4n) is 2.96. The minimum Gasteiger partial charge on any atom is -0.481 e. The van der Waals surface area contributed by atoms with Crippen LogP contribution in [-0.2, 0) is 14.9 Å². The number of aliphatic carboxylic acids is 1. The summed E-state index contributed by atoms with van der Waals surface area (Å²) in [6.45, 7) is 4.98. The van der Waals surface area contributed by atoms with Crippen LogP contribution in [0.15, 0.2) is 5.38 Å². The van der Waals surface area contributed by atoms with Gasteiger partial charge < -0.3 is 14.7 Å². The van der Waals surface area contributed by atoms with Crippen LogP contribution < -0.4 is 4.90 Å². The maximum Gasteiger partial charge on any atom is 0.315 e. The van der Waals surface area contributed by atoms with Crippen molar-refractivity contribution in [2.75, 3.05) is 18.1 Å². The molecular formula is C14H20N2O3S. The summed E-state index contributed by atoms with van der Waals surface area (Å²) in [5.74, 6) is -0.838. The molecule has 110 valence electrons. The lowest BCUT2D eigenvalue weighted by Gasteiger charge is -2.37. The maximum absolute atomic E-state index is 11.3. The van der Waals surface area contributed by atoms with E-state index in [-0.39, 0.29) is 0 Å². The predicted octanol–water partition coefficient (Wildman–Crippen LogP) is 2.26. The Morgan fingerprint density at radius 2 is 2.35 bits per heavy atom. The van der Waals surface area contributed by atoms with Crippen molar-refractivity contribution in [3.8, 4) is 0 Å². The molecule has 1 aromatic heterocycles. The third-order valence-corrected chi connectivity index (χ3v) is 5.27. The summed E-state index contributed by atoms with van der Waals surface area (Å²) in [5, 5.41) is 12.1. The molecule has 2 unspecified atom stereocenters. The van der Waals surface area contributed by atoms with E-state index in [0.717, 1.165) is 31.1 Å². The van der Waals surface area contributed by atoms with Crippen molar-refractivity contribution in [1.82, 2.24) is 4.98 Å². The Morgan fingerprint density at radius 1 is 1.55 bits per heavy atom. The minimum absolute atomic E-state index is 0.323. The highest BCUT2D eigenvalue weighted by atomic mass is 32.1. The minimum atomic E-state index is -0.934. The largest absolute Gasteiger partial charge is 0.481 e. The predicted molar refractivity (Wildman–Crippen MR) is 77.5 cm³/mol. The lowest BCUT2D eigenvalue weighted by Crippen LogP contribution is -2.48. The summed E-state index contributed by atoms with van der Waals surface area (Å²) in [6, 6.07) is 0.413. The van der Waals surface area contributed by atoms with E-state index in [1.807, 2.05) is 5.38 Å². The van der Waals surface area contributed by atoms with Crippen molar-refractivity contribution in [1.29, 1.82) is 0 Å². The summed E-state index contributed by atoms with van der Waals surface area (Å²) >= 11 is 1.55. The molecule has 1 aliphatic heterocycles. The molecule has 2 atom stereocenters. The molecule has 0 bridgehead atoms. The molecule has 0 spiro atoms. The molecule has 2 heterocycles. The van der Waals surface area contributed by atoms with Gasteiger partial charge in [-0.25, -0.2) is 4.98 Å². The van der Waals surface area contributed by atoms with Crippen LogP contribution in [0.25, 0.3) is 0 Å². The van der Waals surface area contributed by atoms with Gasteiger partial charge in [0.05, 0.1) is 24.4 Å². The van der Waals surface area contributed by atoms with Gasteiger partial charge in [-0.1, -0.05) is 0 Å². The second kappa shape index (κ2) is 5.00. The number of carboxylic acids is 1. The Kier molecular flexibility index (Phi) is 3.46. The molecule has 5 nitrogen and oxygen atoms in total. The molecule has 1 N–H and O–H groups in total. The molecule has 3 rings (SSSR count). The first-order chi connectivity index (χ1) is 9.50. The standard InChI is InChI=1S/C14H20N2O3S/c1-14(2,12(17)18)11-8-20-13(15-11)16-6-7-19-10-5-3-4-9(10)16/h8-10H,3-7H2,1-2H3,(H,17,18). The van der Waals surface area contributed by atoms with Crippen LogP contribution in [0.1, 0.15) is 38.8 Å². The number of carboxylic acid groups (broad SMARTS) is 1. The number of ether oxygens (including phenoxy) is 1. The number of thiazole rings is 1. The molecule has 1 aromatic rings. The number of hydrogen-bond acceptors (Lipinski definition) is 5. The zero-order valence-corrected chi connectivity index (χ0v) is 12.7. The van der Waals surface area contributed by atoms with Crippen LogP contribution in [0.3, 0.4) is 0 Å². The number of aromatic nitrogens is 1. The van der Waals surface area contributed by atoms with Crippen LogP contribution >= 0.6 is 11.3 Å². The fraction of sp³-hybridized carbons (Fsp3) is 0.714. The first-order valence-corrected chi connectivity index (χ1v) is 7.96. The fourth-order valence-corrected chi connectivity index (χ4v) is 4.03. The van der Waals surface area contributed by atoms with Gasteiger partial charge in [-0.2, -0.15) is 0 Å². The average Bonchev–Trinajstić information content (AvgIpc) is 3.07. The average molecular weight is 296 g/mol. The van der Waals surface area contributed by atoms with Gasteiger partial charge in [0.15, 0.2) is 5.13 Å². The van der Waals surface area contributed by atoms with Crippen molar-refractivity contribution in [3.05, 3.63) is 11.1 Å². The third kappa shape index (κ3) is 2.20. The van der Waals surface area contributed by atoms with Crippen molar-refractivity contribution in [2.24, 2.45) is 0 Å². The van der Waals surface area contributed by atoms with Crippen molar-refractivity contribution >= 4 is 22.4 Å². The SMILES string of the molecule is CC(C)(C(=O)O)c1csc(N2CCOC3CCCC32)n1. The van der Waals surface area contributed by atoms with E-state index in [0.29, 0.717) is 17.8 Å². The van der Waals surface area contributed by atoms with E-state index in [2.05, 4.69) is 9.88 Å². The Balaban J connectivity index is 1.84. The smallest absolute Gasteiger partial charge is 0.315 e. The molecule has 0 amide bonds. The van der Waals surface area contributed by atoms with Crippen LogP contribution in [-0.4, -0.2) is 41.4 Å². The molecule has 20 heavy (non-hydrogen) atoms. The third-order valence-electron chi connectivity index (χ3n) is 4.39. The monoisotopic (exact) mass is 296 g/mol. The molecule has 1 aliphatic carbocycles. The lowest BCUT2D eigenvalue weighted by atomic mass is 9.90. The highest BCUT2D eigenvalue weighted by Crippen LogP contribution is 2.36. The van der Waals surface area contributed by atoms with E-state index < -0.39 is 11.4 Å². The molecular weight excluding hydrogens is 276 g/mol. The number of morpholine rings is 1. The summed E-state index contributed by atoms with van der Waals surface area (Å²) in [7, 11) is 0. The van der Waals surface area contributed by atoms with Crippen molar-refractivity contribution in [3.63, 3.8) is 0 Å². The quantitative estimate of drug-likeness (QED) is 0.927. The number of rotatable bonds is 3. The Labute approximate surface area is 122 Å². The van der Waals surface area contributed by atoms with Gasteiger partial charge in [0, 0.05) is 11.9 Å².